The molecule has 0 bridgehead atoms. The van der Waals surface area contributed by atoms with E-state index in [1.807, 2.05) is 11.8 Å². The fourth-order valence-electron chi connectivity index (χ4n) is 2.27. The Morgan fingerprint density at radius 3 is 2.70 bits per heavy atom. The van der Waals surface area contributed by atoms with Gasteiger partial charge in [0.25, 0.3) is 0 Å². The summed E-state index contributed by atoms with van der Waals surface area (Å²) >= 11 is 1.82. The minimum Gasteiger partial charge on any atom is -0.390 e. The molecular formula is C13H22N2O3S2. The number of aliphatic hydroxyl groups is 1. The third kappa shape index (κ3) is 3.21. The lowest BCUT2D eigenvalue weighted by Gasteiger charge is -2.22. The summed E-state index contributed by atoms with van der Waals surface area (Å²) < 4.78 is 28.6. The Hall–Kier alpha value is -0.500. The summed E-state index contributed by atoms with van der Waals surface area (Å²) in [4.78, 5) is 0.272. The van der Waals surface area contributed by atoms with Gasteiger partial charge in [0.15, 0.2) is 0 Å². The minimum atomic E-state index is -3.46. The highest BCUT2D eigenvalue weighted by Crippen LogP contribution is 2.32. The third-order valence-electron chi connectivity index (χ3n) is 3.68. The Labute approximate surface area is 125 Å². The molecule has 0 radical (unpaired) electrons. The molecule has 0 amide bonds. The van der Waals surface area contributed by atoms with Crippen molar-refractivity contribution in [2.45, 2.75) is 36.5 Å². The van der Waals surface area contributed by atoms with E-state index in [1.54, 1.807) is 28.2 Å². The molecule has 1 saturated heterocycles. The minimum absolute atomic E-state index is 0.122. The first-order valence-electron chi connectivity index (χ1n) is 6.66. The normalized spacial score (nSPS) is 20.8. The molecule has 0 aromatic carbocycles. The van der Waals surface area contributed by atoms with Crippen molar-refractivity contribution < 1.29 is 13.5 Å². The van der Waals surface area contributed by atoms with Gasteiger partial charge in [-0.15, -0.1) is 0 Å². The monoisotopic (exact) mass is 318 g/mol. The van der Waals surface area contributed by atoms with Crippen LogP contribution in [0, 0.1) is 0 Å². The molecule has 0 unspecified atom stereocenters. The summed E-state index contributed by atoms with van der Waals surface area (Å²) in [6, 6.07) is 1.55. The highest BCUT2D eigenvalue weighted by atomic mass is 32.2. The van der Waals surface area contributed by atoms with Crippen LogP contribution in [0.25, 0.3) is 0 Å². The zero-order valence-corrected chi connectivity index (χ0v) is 13.8. The summed E-state index contributed by atoms with van der Waals surface area (Å²) in [5.74, 6) is 0.811. The lowest BCUT2D eigenvalue weighted by molar-refractivity contribution is 0.272. The predicted molar refractivity (Wildman–Crippen MR) is 81.2 cm³/mol. The molecule has 0 aliphatic carbocycles. The maximum atomic E-state index is 12.7. The van der Waals surface area contributed by atoms with Gasteiger partial charge in [-0.05, 0) is 12.5 Å². The number of aliphatic hydroxyl groups excluding tert-OH is 1. The fraction of sp³-hybridized carbons (Fsp3) is 0.692. The number of hydrogen-bond acceptors (Lipinski definition) is 4. The van der Waals surface area contributed by atoms with Crippen LogP contribution >= 0.6 is 11.8 Å². The standard InChI is InChI=1S/C13H22N2O3S2/c1-13(2)4-5-15(6-7-19-13)20(17,18)12-8-11(10-16)14(3)9-12/h8-9,16H,4-7,10H2,1-3H3. The third-order valence-corrected chi connectivity index (χ3v) is 6.92. The van der Waals surface area contributed by atoms with Crippen LogP contribution in [0.15, 0.2) is 17.2 Å². The summed E-state index contributed by atoms with van der Waals surface area (Å²) in [6.45, 7) is 5.24. The number of sulfonamides is 1. The van der Waals surface area contributed by atoms with Crippen molar-refractivity contribution in [3.8, 4) is 0 Å². The van der Waals surface area contributed by atoms with Gasteiger partial charge in [-0.3, -0.25) is 0 Å². The van der Waals surface area contributed by atoms with Crippen LogP contribution in [0.5, 0.6) is 0 Å². The molecule has 1 aliphatic rings. The lowest BCUT2D eigenvalue weighted by Crippen LogP contribution is -2.33. The average molecular weight is 318 g/mol. The van der Waals surface area contributed by atoms with Crippen LogP contribution in [-0.2, 0) is 23.7 Å². The maximum Gasteiger partial charge on any atom is 0.244 e. The maximum absolute atomic E-state index is 12.7. The Balaban J connectivity index is 2.25. The van der Waals surface area contributed by atoms with Crippen LogP contribution in [0.3, 0.4) is 0 Å². The zero-order chi connectivity index (χ0) is 15.0. The molecule has 0 atom stereocenters. The summed E-state index contributed by atoms with van der Waals surface area (Å²) in [7, 11) is -1.72. The van der Waals surface area contributed by atoms with Crippen molar-refractivity contribution in [2.75, 3.05) is 18.8 Å². The van der Waals surface area contributed by atoms with Crippen LogP contribution in [0.1, 0.15) is 26.0 Å². The Kier molecular flexibility index (Phi) is 4.53. The first kappa shape index (κ1) is 15.9. The number of rotatable bonds is 3. The van der Waals surface area contributed by atoms with Crippen molar-refractivity contribution in [3.63, 3.8) is 0 Å². The number of thioether (sulfide) groups is 1. The molecule has 2 rings (SSSR count). The largest absolute Gasteiger partial charge is 0.390 e. The molecular weight excluding hydrogens is 296 g/mol. The molecule has 1 aromatic heterocycles. The molecule has 1 fully saturated rings. The fourth-order valence-corrected chi connectivity index (χ4v) is 5.02. The highest BCUT2D eigenvalue weighted by Gasteiger charge is 2.31. The summed E-state index contributed by atoms with van der Waals surface area (Å²) in [5.41, 5.74) is 0.605. The predicted octanol–water partition coefficient (Wildman–Crippen LogP) is 1.42. The number of nitrogens with zero attached hydrogens (tertiary/aromatic N) is 2. The van der Waals surface area contributed by atoms with E-state index in [2.05, 4.69) is 13.8 Å². The first-order valence-corrected chi connectivity index (χ1v) is 9.09. The van der Waals surface area contributed by atoms with Crippen molar-refractivity contribution in [1.82, 2.24) is 8.87 Å². The smallest absolute Gasteiger partial charge is 0.244 e. The molecule has 20 heavy (non-hydrogen) atoms. The van der Waals surface area contributed by atoms with Crippen molar-refractivity contribution in [3.05, 3.63) is 18.0 Å². The molecule has 5 nitrogen and oxygen atoms in total. The second-order valence-electron chi connectivity index (χ2n) is 5.70. The van der Waals surface area contributed by atoms with E-state index >= 15 is 0 Å². The van der Waals surface area contributed by atoms with Crippen molar-refractivity contribution in [2.24, 2.45) is 7.05 Å². The van der Waals surface area contributed by atoms with Crippen LogP contribution in [0.4, 0.5) is 0 Å². The van der Waals surface area contributed by atoms with E-state index in [9.17, 15) is 13.5 Å². The first-order chi connectivity index (χ1) is 9.26. The van der Waals surface area contributed by atoms with E-state index in [-0.39, 0.29) is 16.2 Å². The molecule has 0 spiro atoms. The molecule has 0 saturated carbocycles. The highest BCUT2D eigenvalue weighted by molar-refractivity contribution is 8.00. The van der Waals surface area contributed by atoms with E-state index in [4.69, 9.17) is 0 Å². The van der Waals surface area contributed by atoms with Gasteiger partial charge in [-0.25, -0.2) is 8.42 Å². The van der Waals surface area contributed by atoms with Crippen LogP contribution in [-0.4, -0.2) is 46.0 Å². The van der Waals surface area contributed by atoms with Gasteiger partial charge in [-0.1, -0.05) is 13.8 Å². The van der Waals surface area contributed by atoms with Crippen LogP contribution in [0.2, 0.25) is 0 Å². The van der Waals surface area contributed by atoms with E-state index < -0.39 is 10.0 Å². The zero-order valence-electron chi connectivity index (χ0n) is 12.2. The number of hydrogen-bond donors (Lipinski definition) is 1. The molecule has 1 N–H and O–H groups in total. The Bertz CT molecular complexity index is 578. The van der Waals surface area contributed by atoms with Gasteiger partial charge in [0.2, 0.25) is 10.0 Å². The van der Waals surface area contributed by atoms with Crippen molar-refractivity contribution >= 4 is 21.8 Å². The van der Waals surface area contributed by atoms with Crippen molar-refractivity contribution in [1.29, 1.82) is 0 Å². The molecule has 1 aliphatic heterocycles. The van der Waals surface area contributed by atoms with Gasteiger partial charge in [0, 0.05) is 42.5 Å². The Morgan fingerprint density at radius 2 is 2.10 bits per heavy atom. The second kappa shape index (κ2) is 5.71. The number of aryl methyl sites for hydroxylation is 1. The molecule has 2 heterocycles. The molecule has 7 heteroatoms. The van der Waals surface area contributed by atoms with Gasteiger partial charge in [0.1, 0.15) is 4.90 Å². The van der Waals surface area contributed by atoms with Gasteiger partial charge in [-0.2, -0.15) is 16.1 Å². The van der Waals surface area contributed by atoms with Gasteiger partial charge >= 0.3 is 0 Å². The molecule has 114 valence electrons. The topological polar surface area (TPSA) is 62.5 Å². The summed E-state index contributed by atoms with van der Waals surface area (Å²) in [6.07, 6.45) is 2.42. The van der Waals surface area contributed by atoms with E-state index in [0.29, 0.717) is 18.8 Å². The quantitative estimate of drug-likeness (QED) is 0.916. The lowest BCUT2D eigenvalue weighted by atomic mass is 10.1. The Morgan fingerprint density at radius 1 is 1.40 bits per heavy atom. The molecule has 1 aromatic rings. The van der Waals surface area contributed by atoms with Crippen LogP contribution < -0.4 is 0 Å². The second-order valence-corrected chi connectivity index (χ2v) is 9.44. The number of aromatic nitrogens is 1. The SMILES string of the molecule is Cn1cc(S(=O)(=O)N2CCSC(C)(C)CC2)cc1CO. The van der Waals surface area contributed by atoms with E-state index in [1.165, 1.54) is 0 Å². The van der Waals surface area contributed by atoms with Gasteiger partial charge < -0.3 is 9.67 Å². The van der Waals surface area contributed by atoms with Gasteiger partial charge in [0.05, 0.1) is 6.61 Å². The average Bonchev–Trinajstić information content (AvgIpc) is 2.64. The summed E-state index contributed by atoms with van der Waals surface area (Å²) in [5, 5.41) is 9.19. The van der Waals surface area contributed by atoms with E-state index in [0.717, 1.165) is 12.2 Å².